The van der Waals surface area contributed by atoms with Crippen LogP contribution in [0.4, 0.5) is 0 Å². The van der Waals surface area contributed by atoms with Crippen molar-refractivity contribution < 1.29 is 19.4 Å². The normalized spacial score (nSPS) is 15.6. The third-order valence-electron chi connectivity index (χ3n) is 5.44. The number of esters is 1. The molecule has 1 aliphatic rings. The van der Waals surface area contributed by atoms with Crippen molar-refractivity contribution in [3.8, 4) is 11.5 Å². The van der Waals surface area contributed by atoms with Crippen LogP contribution in [0.15, 0.2) is 61.9 Å². The first kappa shape index (κ1) is 26.2. The molecule has 0 spiro atoms. The number of hydrogen-bond acceptors (Lipinski definition) is 7. The van der Waals surface area contributed by atoms with Gasteiger partial charge in [0.15, 0.2) is 4.80 Å². The van der Waals surface area contributed by atoms with Crippen LogP contribution in [0.1, 0.15) is 44.9 Å². The summed E-state index contributed by atoms with van der Waals surface area (Å²) in [6, 6.07) is 9.65. The Morgan fingerprint density at radius 3 is 2.64 bits per heavy atom. The molecule has 0 amide bonds. The van der Waals surface area contributed by atoms with Gasteiger partial charge in [-0.1, -0.05) is 35.1 Å². The molecule has 2 aromatic carbocycles. The molecule has 1 atom stereocenters. The van der Waals surface area contributed by atoms with Crippen LogP contribution < -0.4 is 19.6 Å². The number of thiazole rings is 1. The van der Waals surface area contributed by atoms with Crippen LogP contribution in [-0.4, -0.2) is 28.4 Å². The van der Waals surface area contributed by atoms with E-state index in [-0.39, 0.29) is 17.4 Å². The molecule has 10 heteroatoms. The third-order valence-corrected chi connectivity index (χ3v) is 7.24. The number of rotatable bonds is 6. The number of halogens is 2. The van der Waals surface area contributed by atoms with Gasteiger partial charge >= 0.3 is 5.97 Å². The maximum absolute atomic E-state index is 13.7. The zero-order chi connectivity index (χ0) is 26.1. The number of phenolic OH excluding ortho intramolecular Hbond substituents is 1. The number of allylic oxidation sites excluding steroid dienone is 1. The number of carbonyl (C=O) groups excluding carboxylic acids is 1. The van der Waals surface area contributed by atoms with E-state index >= 15 is 0 Å². The SMILES string of the molecule is CCOc1ccc([C@H]2C(C(=O)OC(C)C)=C(C)N=c3s/c(=C/c4cc(Cl)cc(Br)c4O)c(=O)n32)cc1. The molecule has 2 heterocycles. The minimum Gasteiger partial charge on any atom is -0.506 e. The first-order valence-corrected chi connectivity index (χ1v) is 13.2. The van der Waals surface area contributed by atoms with Gasteiger partial charge in [-0.2, -0.15) is 0 Å². The van der Waals surface area contributed by atoms with Crippen LogP contribution >= 0.6 is 38.9 Å². The Hall–Kier alpha value is -2.88. The number of nitrogens with zero attached hydrogens (tertiary/aromatic N) is 2. The summed E-state index contributed by atoms with van der Waals surface area (Å²) < 4.78 is 13.3. The molecule has 0 saturated carbocycles. The lowest BCUT2D eigenvalue weighted by atomic mass is 9.96. The maximum Gasteiger partial charge on any atom is 0.338 e. The Balaban J connectivity index is 1.94. The van der Waals surface area contributed by atoms with E-state index in [2.05, 4.69) is 20.9 Å². The van der Waals surface area contributed by atoms with Gasteiger partial charge in [-0.15, -0.1) is 0 Å². The molecule has 1 aromatic heterocycles. The minimum absolute atomic E-state index is 0.0364. The summed E-state index contributed by atoms with van der Waals surface area (Å²) in [5.74, 6) is 0.115. The highest BCUT2D eigenvalue weighted by Gasteiger charge is 2.33. The summed E-state index contributed by atoms with van der Waals surface area (Å²) in [5.41, 5.74) is 1.51. The second-order valence-corrected chi connectivity index (χ2v) is 10.7. The Labute approximate surface area is 225 Å². The monoisotopic (exact) mass is 590 g/mol. The van der Waals surface area contributed by atoms with Crippen molar-refractivity contribution >= 4 is 50.9 Å². The molecule has 0 unspecified atom stereocenters. The average Bonchev–Trinajstić information content (AvgIpc) is 3.11. The van der Waals surface area contributed by atoms with Crippen LogP contribution in [0, 0.1) is 0 Å². The summed E-state index contributed by atoms with van der Waals surface area (Å²) in [6.07, 6.45) is 1.23. The molecular weight excluding hydrogens is 568 g/mol. The first-order valence-electron chi connectivity index (χ1n) is 11.2. The number of hydrogen-bond donors (Lipinski definition) is 1. The Morgan fingerprint density at radius 1 is 1.31 bits per heavy atom. The van der Waals surface area contributed by atoms with Crippen molar-refractivity contribution in [2.24, 2.45) is 4.99 Å². The highest BCUT2D eigenvalue weighted by atomic mass is 79.9. The van der Waals surface area contributed by atoms with Gasteiger partial charge in [0.1, 0.15) is 11.5 Å². The van der Waals surface area contributed by atoms with Gasteiger partial charge in [-0.3, -0.25) is 9.36 Å². The second kappa shape index (κ2) is 10.6. The number of aromatic nitrogens is 1. The fraction of sp³-hybridized carbons (Fsp3) is 0.269. The zero-order valence-corrected chi connectivity index (χ0v) is 23.2. The molecule has 3 aromatic rings. The van der Waals surface area contributed by atoms with E-state index in [0.29, 0.717) is 53.6 Å². The molecule has 0 radical (unpaired) electrons. The first-order chi connectivity index (χ1) is 17.1. The topological polar surface area (TPSA) is 90.1 Å². The number of carbonyl (C=O) groups is 1. The van der Waals surface area contributed by atoms with Crippen LogP contribution in [0.3, 0.4) is 0 Å². The average molecular weight is 592 g/mol. The van der Waals surface area contributed by atoms with Crippen molar-refractivity contribution in [3.05, 3.63) is 88.0 Å². The molecule has 0 saturated heterocycles. The van der Waals surface area contributed by atoms with Crippen molar-refractivity contribution in [2.45, 2.75) is 39.8 Å². The van der Waals surface area contributed by atoms with Crippen LogP contribution in [0.5, 0.6) is 11.5 Å². The predicted octanol–water partition coefficient (Wildman–Crippen LogP) is 4.71. The van der Waals surface area contributed by atoms with Gasteiger partial charge in [-0.25, -0.2) is 9.79 Å². The van der Waals surface area contributed by atoms with E-state index in [0.717, 1.165) is 0 Å². The molecule has 1 N–H and O–H groups in total. The molecule has 188 valence electrons. The van der Waals surface area contributed by atoms with Gasteiger partial charge in [0, 0.05) is 10.6 Å². The third kappa shape index (κ3) is 5.14. The van der Waals surface area contributed by atoms with Gasteiger partial charge in [0.25, 0.3) is 5.56 Å². The van der Waals surface area contributed by atoms with E-state index in [9.17, 15) is 14.7 Å². The van der Waals surface area contributed by atoms with Crippen molar-refractivity contribution in [3.63, 3.8) is 0 Å². The molecule has 1 aliphatic heterocycles. The summed E-state index contributed by atoms with van der Waals surface area (Å²) in [6.45, 7) is 7.69. The van der Waals surface area contributed by atoms with Crippen LogP contribution in [0.25, 0.3) is 6.08 Å². The largest absolute Gasteiger partial charge is 0.506 e. The minimum atomic E-state index is -0.745. The highest BCUT2D eigenvalue weighted by molar-refractivity contribution is 9.10. The van der Waals surface area contributed by atoms with Gasteiger partial charge in [0.05, 0.1) is 39.0 Å². The summed E-state index contributed by atoms with van der Waals surface area (Å²) >= 11 is 10.6. The quantitative estimate of drug-likeness (QED) is 0.420. The van der Waals surface area contributed by atoms with Gasteiger partial charge in [0.2, 0.25) is 0 Å². The number of benzene rings is 2. The van der Waals surface area contributed by atoms with Crippen molar-refractivity contribution in [2.75, 3.05) is 6.61 Å². The van der Waals surface area contributed by atoms with E-state index in [1.807, 2.05) is 19.1 Å². The number of ether oxygens (including phenoxy) is 2. The lowest BCUT2D eigenvalue weighted by Gasteiger charge is -2.25. The zero-order valence-electron chi connectivity index (χ0n) is 20.0. The van der Waals surface area contributed by atoms with E-state index in [4.69, 9.17) is 21.1 Å². The molecule has 36 heavy (non-hydrogen) atoms. The fourth-order valence-electron chi connectivity index (χ4n) is 3.93. The Kier molecular flexibility index (Phi) is 7.73. The standard InChI is InChI=1S/C26H24BrClN2O5S/c1-5-34-18-8-6-15(7-9-18)22-21(25(33)35-13(2)3)14(4)29-26-30(22)24(32)20(36-26)11-16-10-17(28)12-19(27)23(16)31/h6-13,22,31H,5H2,1-4H3/b20-11+/t22-/m0/s1. The highest BCUT2D eigenvalue weighted by Crippen LogP contribution is 2.33. The predicted molar refractivity (Wildman–Crippen MR) is 143 cm³/mol. The number of phenols is 1. The summed E-state index contributed by atoms with van der Waals surface area (Å²) in [5, 5.41) is 10.9. The maximum atomic E-state index is 13.7. The van der Waals surface area contributed by atoms with E-state index in [1.54, 1.807) is 51.1 Å². The molecule has 0 aliphatic carbocycles. The number of fused-ring (bicyclic) bond motifs is 1. The van der Waals surface area contributed by atoms with Crippen LogP contribution in [-0.2, 0) is 9.53 Å². The Morgan fingerprint density at radius 2 is 2.00 bits per heavy atom. The van der Waals surface area contributed by atoms with Crippen molar-refractivity contribution in [1.82, 2.24) is 4.57 Å². The molecule has 0 fully saturated rings. The lowest BCUT2D eigenvalue weighted by molar-refractivity contribution is -0.143. The summed E-state index contributed by atoms with van der Waals surface area (Å²) in [4.78, 5) is 31.9. The fourth-order valence-corrected chi connectivity index (χ4v) is 5.80. The van der Waals surface area contributed by atoms with Gasteiger partial charge < -0.3 is 14.6 Å². The number of aromatic hydroxyl groups is 1. The van der Waals surface area contributed by atoms with Crippen LogP contribution in [0.2, 0.25) is 5.02 Å². The lowest BCUT2D eigenvalue weighted by Crippen LogP contribution is -2.40. The van der Waals surface area contributed by atoms with Crippen molar-refractivity contribution in [1.29, 1.82) is 0 Å². The Bertz CT molecular complexity index is 1540. The van der Waals surface area contributed by atoms with Gasteiger partial charge in [-0.05, 0) is 79.5 Å². The molecule has 7 nitrogen and oxygen atoms in total. The molecule has 0 bridgehead atoms. The molecular formula is C26H24BrClN2O5S. The second-order valence-electron chi connectivity index (χ2n) is 8.36. The smallest absolute Gasteiger partial charge is 0.338 e. The molecule has 4 rings (SSSR count). The summed E-state index contributed by atoms with van der Waals surface area (Å²) in [7, 11) is 0. The van der Waals surface area contributed by atoms with E-state index in [1.165, 1.54) is 15.9 Å². The van der Waals surface area contributed by atoms with E-state index < -0.39 is 12.0 Å².